The number of hydrogen-bond donors (Lipinski definition) is 0. The number of nitrogens with zero attached hydrogens (tertiary/aromatic N) is 1. The number of halogens is 1. The highest BCUT2D eigenvalue weighted by Gasteiger charge is 1.94. The summed E-state index contributed by atoms with van der Waals surface area (Å²) in [5.74, 6) is 0. The fourth-order valence-electron chi connectivity index (χ4n) is 1.08. The van der Waals surface area contributed by atoms with Crippen LogP contribution < -0.4 is 0 Å². The smallest absolute Gasteiger partial charge is 0.0335 e. The molecule has 1 rings (SSSR count). The molecular weight excluding hydrogens is 182 g/mol. The third kappa shape index (κ3) is 4.11. The maximum absolute atomic E-state index is 6.03. The Morgan fingerprint density at radius 2 is 1.92 bits per heavy atom. The van der Waals surface area contributed by atoms with E-state index in [4.69, 9.17) is 11.6 Å². The molecular formula is C11H14ClN. The highest BCUT2D eigenvalue weighted by molar-refractivity contribution is 6.31. The van der Waals surface area contributed by atoms with Gasteiger partial charge in [0.15, 0.2) is 0 Å². The first-order chi connectivity index (χ1) is 6.18. The molecule has 2 heteroatoms. The number of rotatable bonds is 3. The molecule has 0 N–H and O–H groups in total. The lowest BCUT2D eigenvalue weighted by atomic mass is 10.2. The van der Waals surface area contributed by atoms with Crippen LogP contribution in [0.25, 0.3) is 6.08 Å². The zero-order chi connectivity index (χ0) is 9.68. The monoisotopic (exact) mass is 195 g/mol. The van der Waals surface area contributed by atoms with E-state index in [2.05, 4.69) is 0 Å². The SMILES string of the molecule is CN(C)CC(Cl)=Cc1ccccc1. The lowest BCUT2D eigenvalue weighted by Gasteiger charge is -2.07. The van der Waals surface area contributed by atoms with Gasteiger partial charge in [0.05, 0.1) is 0 Å². The molecule has 0 aliphatic carbocycles. The Labute approximate surface area is 84.6 Å². The molecule has 0 aliphatic rings. The van der Waals surface area contributed by atoms with E-state index >= 15 is 0 Å². The van der Waals surface area contributed by atoms with Crippen LogP contribution in [0.1, 0.15) is 5.56 Å². The summed E-state index contributed by atoms with van der Waals surface area (Å²) in [6, 6.07) is 10.1. The van der Waals surface area contributed by atoms with Crippen molar-refractivity contribution in [2.75, 3.05) is 20.6 Å². The van der Waals surface area contributed by atoms with Crippen LogP contribution in [0, 0.1) is 0 Å². The highest BCUT2D eigenvalue weighted by Crippen LogP contribution is 2.10. The van der Waals surface area contributed by atoms with Gasteiger partial charge in [-0.2, -0.15) is 0 Å². The molecule has 0 aliphatic heterocycles. The van der Waals surface area contributed by atoms with Gasteiger partial charge in [-0.1, -0.05) is 41.9 Å². The second kappa shape index (κ2) is 5.05. The topological polar surface area (TPSA) is 3.24 Å². The van der Waals surface area contributed by atoms with E-state index in [1.807, 2.05) is 55.4 Å². The fraction of sp³-hybridized carbons (Fsp3) is 0.273. The van der Waals surface area contributed by atoms with Crippen LogP contribution in [-0.2, 0) is 0 Å². The van der Waals surface area contributed by atoms with Gasteiger partial charge in [-0.3, -0.25) is 0 Å². The van der Waals surface area contributed by atoms with E-state index in [-0.39, 0.29) is 0 Å². The molecule has 13 heavy (non-hydrogen) atoms. The van der Waals surface area contributed by atoms with Crippen LogP contribution in [0.5, 0.6) is 0 Å². The normalized spacial score (nSPS) is 12.2. The van der Waals surface area contributed by atoms with Crippen molar-refractivity contribution in [2.45, 2.75) is 0 Å². The summed E-state index contributed by atoms with van der Waals surface area (Å²) in [7, 11) is 4.00. The minimum atomic E-state index is 0.788. The quantitative estimate of drug-likeness (QED) is 0.717. The van der Waals surface area contributed by atoms with Crippen molar-refractivity contribution in [1.29, 1.82) is 0 Å². The zero-order valence-electron chi connectivity index (χ0n) is 8.00. The number of hydrogen-bond acceptors (Lipinski definition) is 1. The van der Waals surface area contributed by atoms with Gasteiger partial charge < -0.3 is 4.90 Å². The van der Waals surface area contributed by atoms with Crippen LogP contribution >= 0.6 is 11.6 Å². The average Bonchev–Trinajstić information content (AvgIpc) is 2.04. The van der Waals surface area contributed by atoms with Crippen molar-refractivity contribution in [3.63, 3.8) is 0 Å². The van der Waals surface area contributed by atoms with Gasteiger partial charge in [0.2, 0.25) is 0 Å². The van der Waals surface area contributed by atoms with Crippen LogP contribution in [0.4, 0.5) is 0 Å². The van der Waals surface area contributed by atoms with E-state index in [0.717, 1.165) is 17.1 Å². The molecule has 0 spiro atoms. The van der Waals surface area contributed by atoms with E-state index in [1.165, 1.54) is 0 Å². The third-order valence-electron chi connectivity index (χ3n) is 1.59. The van der Waals surface area contributed by atoms with Crippen molar-refractivity contribution in [3.05, 3.63) is 40.9 Å². The van der Waals surface area contributed by atoms with Gasteiger partial charge in [-0.15, -0.1) is 0 Å². The molecule has 70 valence electrons. The molecule has 0 saturated heterocycles. The van der Waals surface area contributed by atoms with Crippen LogP contribution in [-0.4, -0.2) is 25.5 Å². The Hall–Kier alpha value is -0.790. The summed E-state index contributed by atoms with van der Waals surface area (Å²) in [6.07, 6.45) is 1.99. The molecule has 0 aromatic heterocycles. The summed E-state index contributed by atoms with van der Waals surface area (Å²) in [5.41, 5.74) is 1.15. The maximum atomic E-state index is 6.03. The first-order valence-corrected chi connectivity index (χ1v) is 4.62. The Morgan fingerprint density at radius 1 is 1.31 bits per heavy atom. The minimum absolute atomic E-state index is 0.788. The Bertz CT molecular complexity index is 277. The second-order valence-corrected chi connectivity index (χ2v) is 3.73. The number of likely N-dealkylation sites (N-methyl/N-ethyl adjacent to an activating group) is 1. The predicted molar refractivity (Wildman–Crippen MR) is 58.8 cm³/mol. The summed E-state index contributed by atoms with van der Waals surface area (Å²) >= 11 is 6.03. The molecule has 0 amide bonds. The highest BCUT2D eigenvalue weighted by atomic mass is 35.5. The average molecular weight is 196 g/mol. The lowest BCUT2D eigenvalue weighted by Crippen LogP contribution is -2.12. The van der Waals surface area contributed by atoms with Gasteiger partial charge in [0.1, 0.15) is 0 Å². The zero-order valence-corrected chi connectivity index (χ0v) is 8.75. The molecule has 0 saturated carbocycles. The van der Waals surface area contributed by atoms with Crippen LogP contribution in [0.15, 0.2) is 35.4 Å². The standard InChI is InChI=1S/C11H14ClN/c1-13(2)9-11(12)8-10-6-4-3-5-7-10/h3-8H,9H2,1-2H3. The summed E-state index contributed by atoms with van der Waals surface area (Å²) in [4.78, 5) is 2.04. The van der Waals surface area contributed by atoms with Crippen molar-refractivity contribution in [1.82, 2.24) is 4.90 Å². The molecule has 1 nitrogen and oxygen atoms in total. The van der Waals surface area contributed by atoms with Crippen molar-refractivity contribution in [3.8, 4) is 0 Å². The molecule has 0 heterocycles. The first-order valence-electron chi connectivity index (χ1n) is 4.24. The van der Waals surface area contributed by atoms with Gasteiger partial charge in [-0.25, -0.2) is 0 Å². The lowest BCUT2D eigenvalue weighted by molar-refractivity contribution is 0.453. The van der Waals surface area contributed by atoms with Gasteiger partial charge in [0, 0.05) is 11.6 Å². The van der Waals surface area contributed by atoms with Gasteiger partial charge in [-0.05, 0) is 25.7 Å². The Morgan fingerprint density at radius 3 is 2.46 bits per heavy atom. The first kappa shape index (κ1) is 10.3. The van der Waals surface area contributed by atoms with Crippen LogP contribution in [0.2, 0.25) is 0 Å². The molecule has 0 unspecified atom stereocenters. The second-order valence-electron chi connectivity index (χ2n) is 3.24. The maximum Gasteiger partial charge on any atom is 0.0335 e. The minimum Gasteiger partial charge on any atom is -0.304 e. The molecule has 1 aromatic rings. The van der Waals surface area contributed by atoms with Crippen molar-refractivity contribution < 1.29 is 0 Å². The van der Waals surface area contributed by atoms with Crippen LogP contribution in [0.3, 0.4) is 0 Å². The third-order valence-corrected chi connectivity index (χ3v) is 1.82. The van der Waals surface area contributed by atoms with E-state index < -0.39 is 0 Å². The van der Waals surface area contributed by atoms with E-state index in [1.54, 1.807) is 0 Å². The molecule has 0 radical (unpaired) electrons. The summed E-state index contributed by atoms with van der Waals surface area (Å²) in [6.45, 7) is 0.788. The summed E-state index contributed by atoms with van der Waals surface area (Å²) < 4.78 is 0. The van der Waals surface area contributed by atoms with Crippen molar-refractivity contribution >= 4 is 17.7 Å². The summed E-state index contributed by atoms with van der Waals surface area (Å²) in [5, 5.41) is 0.858. The molecule has 0 atom stereocenters. The Kier molecular flexibility index (Phi) is 4.00. The van der Waals surface area contributed by atoms with E-state index in [9.17, 15) is 0 Å². The van der Waals surface area contributed by atoms with E-state index in [0.29, 0.717) is 0 Å². The Balaban J connectivity index is 2.66. The van der Waals surface area contributed by atoms with Gasteiger partial charge in [0.25, 0.3) is 0 Å². The molecule has 0 fully saturated rings. The molecule has 0 bridgehead atoms. The fourth-order valence-corrected chi connectivity index (χ4v) is 1.44. The predicted octanol–water partition coefficient (Wildman–Crippen LogP) is 2.83. The molecule has 1 aromatic carbocycles. The van der Waals surface area contributed by atoms with Gasteiger partial charge >= 0.3 is 0 Å². The van der Waals surface area contributed by atoms with Crippen molar-refractivity contribution in [2.24, 2.45) is 0 Å². The number of benzene rings is 1. The largest absolute Gasteiger partial charge is 0.304 e.